The Kier molecular flexibility index (Phi) is 5.81. The molecule has 1 heterocycles. The third kappa shape index (κ3) is 4.39. The fourth-order valence-corrected chi connectivity index (χ4v) is 5.05. The summed E-state index contributed by atoms with van der Waals surface area (Å²) < 4.78 is 25.4. The number of nitrogens with zero attached hydrogens (tertiary/aromatic N) is 1. The highest BCUT2D eigenvalue weighted by Gasteiger charge is 2.25. The summed E-state index contributed by atoms with van der Waals surface area (Å²) in [6.07, 6.45) is -0.123. The number of amides is 2. The maximum atomic E-state index is 12.7. The maximum absolute atomic E-state index is 12.7. The van der Waals surface area contributed by atoms with Crippen molar-refractivity contribution in [3.05, 3.63) is 48.0 Å². The van der Waals surface area contributed by atoms with Crippen molar-refractivity contribution in [3.8, 4) is 0 Å². The fraction of sp³-hybridized carbons (Fsp3) is 0.300. The molecule has 1 aliphatic rings. The summed E-state index contributed by atoms with van der Waals surface area (Å²) in [4.78, 5) is 26.7. The van der Waals surface area contributed by atoms with Crippen molar-refractivity contribution in [2.45, 2.75) is 35.3 Å². The van der Waals surface area contributed by atoms with E-state index in [0.717, 1.165) is 16.1 Å². The number of fused-ring (bicyclic) bond motifs is 1. The van der Waals surface area contributed by atoms with Crippen molar-refractivity contribution in [1.29, 1.82) is 0 Å². The lowest BCUT2D eigenvalue weighted by atomic mass is 10.2. The highest BCUT2D eigenvalue weighted by atomic mass is 32.2. The first kappa shape index (κ1) is 20.4. The van der Waals surface area contributed by atoms with Crippen molar-refractivity contribution in [2.24, 2.45) is 0 Å². The quantitative estimate of drug-likeness (QED) is 0.806. The lowest BCUT2D eigenvalue weighted by Crippen LogP contribution is -2.28. The van der Waals surface area contributed by atoms with Gasteiger partial charge in [0.1, 0.15) is 0 Å². The molecule has 0 saturated carbocycles. The van der Waals surface area contributed by atoms with Crippen LogP contribution in [0.5, 0.6) is 0 Å². The highest BCUT2D eigenvalue weighted by molar-refractivity contribution is 8.01. The van der Waals surface area contributed by atoms with Gasteiger partial charge >= 0.3 is 0 Å². The first-order chi connectivity index (χ1) is 13.2. The molecule has 8 heteroatoms. The zero-order valence-electron chi connectivity index (χ0n) is 15.9. The van der Waals surface area contributed by atoms with Gasteiger partial charge in [-0.3, -0.25) is 9.59 Å². The van der Waals surface area contributed by atoms with Crippen LogP contribution in [-0.4, -0.2) is 38.3 Å². The van der Waals surface area contributed by atoms with Crippen molar-refractivity contribution >= 4 is 44.8 Å². The average molecular weight is 419 g/mol. The van der Waals surface area contributed by atoms with Gasteiger partial charge in [0.15, 0.2) is 9.84 Å². The predicted octanol–water partition coefficient (Wildman–Crippen LogP) is 3.25. The molecule has 0 aliphatic carbocycles. The minimum Gasteiger partial charge on any atom is -0.324 e. The number of thioether (sulfide) groups is 1. The fourth-order valence-electron chi connectivity index (χ4n) is 2.87. The first-order valence-corrected chi connectivity index (χ1v) is 11.4. The van der Waals surface area contributed by atoms with Crippen molar-refractivity contribution in [2.75, 3.05) is 23.0 Å². The molecule has 2 amide bonds. The van der Waals surface area contributed by atoms with Crippen molar-refractivity contribution in [3.63, 3.8) is 0 Å². The normalized spacial score (nSPS) is 16.2. The predicted molar refractivity (Wildman–Crippen MR) is 112 cm³/mol. The largest absolute Gasteiger partial charge is 0.324 e. The van der Waals surface area contributed by atoms with Gasteiger partial charge in [-0.05, 0) is 49.7 Å². The Morgan fingerprint density at radius 3 is 2.68 bits per heavy atom. The van der Waals surface area contributed by atoms with E-state index in [1.807, 2.05) is 31.2 Å². The summed E-state index contributed by atoms with van der Waals surface area (Å²) in [5.74, 6) is -0.718. The Balaban J connectivity index is 1.71. The number of aryl methyl sites for hydroxylation is 1. The van der Waals surface area contributed by atoms with Crippen LogP contribution in [0.25, 0.3) is 0 Å². The molecule has 0 radical (unpaired) electrons. The second kappa shape index (κ2) is 7.97. The van der Waals surface area contributed by atoms with E-state index in [4.69, 9.17) is 0 Å². The monoisotopic (exact) mass is 418 g/mol. The van der Waals surface area contributed by atoms with Crippen LogP contribution in [0.4, 0.5) is 11.4 Å². The number of anilines is 2. The molecule has 0 aromatic heterocycles. The van der Waals surface area contributed by atoms with E-state index in [1.54, 1.807) is 20.0 Å². The Bertz CT molecular complexity index is 1030. The van der Waals surface area contributed by atoms with Crippen LogP contribution in [0.2, 0.25) is 0 Å². The summed E-state index contributed by atoms with van der Waals surface area (Å²) in [5.41, 5.74) is 2.25. The van der Waals surface area contributed by atoms with Gasteiger partial charge < -0.3 is 10.2 Å². The van der Waals surface area contributed by atoms with Gasteiger partial charge in [0, 0.05) is 24.1 Å². The van der Waals surface area contributed by atoms with Crippen LogP contribution >= 0.6 is 11.8 Å². The van der Waals surface area contributed by atoms with Gasteiger partial charge in [0.05, 0.1) is 21.6 Å². The summed E-state index contributed by atoms with van der Waals surface area (Å²) in [7, 11) is -2.02. The zero-order chi connectivity index (χ0) is 20.5. The van der Waals surface area contributed by atoms with Crippen LogP contribution in [0.3, 0.4) is 0 Å². The SMILES string of the molecule is Cc1cccc(N(C)C(=O)CCS(=O)(=O)c2ccc3c(c2)NC(=O)[C@H](C)S3)c1. The van der Waals surface area contributed by atoms with Crippen LogP contribution < -0.4 is 10.2 Å². The van der Waals surface area contributed by atoms with Gasteiger partial charge in [-0.15, -0.1) is 11.8 Å². The summed E-state index contributed by atoms with van der Waals surface area (Å²) in [5, 5.41) is 2.51. The molecule has 0 bridgehead atoms. The second-order valence-corrected chi connectivity index (χ2v) is 10.3. The Labute approximate surface area is 169 Å². The van der Waals surface area contributed by atoms with Crippen molar-refractivity contribution in [1.82, 2.24) is 0 Å². The topological polar surface area (TPSA) is 83.6 Å². The van der Waals surface area contributed by atoms with Crippen LogP contribution in [0.1, 0.15) is 18.9 Å². The summed E-state index contributed by atoms with van der Waals surface area (Å²) in [6, 6.07) is 12.2. The molecule has 2 aromatic rings. The minimum absolute atomic E-state index is 0.104. The van der Waals surface area contributed by atoms with E-state index in [1.165, 1.54) is 28.8 Å². The van der Waals surface area contributed by atoms with E-state index in [9.17, 15) is 18.0 Å². The molecule has 0 fully saturated rings. The number of hydrogen-bond acceptors (Lipinski definition) is 5. The Morgan fingerprint density at radius 1 is 1.21 bits per heavy atom. The molecular weight excluding hydrogens is 396 g/mol. The molecule has 1 atom stereocenters. The zero-order valence-corrected chi connectivity index (χ0v) is 17.6. The summed E-state index contributed by atoms with van der Waals surface area (Å²) >= 11 is 1.39. The van der Waals surface area contributed by atoms with E-state index < -0.39 is 9.84 Å². The number of hydrogen-bond donors (Lipinski definition) is 1. The lowest BCUT2D eigenvalue weighted by molar-refractivity contribution is -0.118. The molecule has 148 valence electrons. The van der Waals surface area contributed by atoms with E-state index in [2.05, 4.69) is 5.32 Å². The number of benzene rings is 2. The van der Waals surface area contributed by atoms with E-state index >= 15 is 0 Å². The van der Waals surface area contributed by atoms with Crippen LogP contribution in [-0.2, 0) is 19.4 Å². The molecule has 2 aromatic carbocycles. The average Bonchev–Trinajstić information content (AvgIpc) is 2.66. The number of carbonyl (C=O) groups excluding carboxylic acids is 2. The minimum atomic E-state index is -3.65. The number of sulfone groups is 1. The number of rotatable bonds is 5. The third-order valence-electron chi connectivity index (χ3n) is 4.59. The number of nitrogens with one attached hydrogen (secondary N) is 1. The van der Waals surface area contributed by atoms with Crippen LogP contribution in [0.15, 0.2) is 52.3 Å². The van der Waals surface area contributed by atoms with Crippen LogP contribution in [0, 0.1) is 6.92 Å². The third-order valence-corrected chi connectivity index (χ3v) is 7.48. The highest BCUT2D eigenvalue weighted by Crippen LogP contribution is 2.36. The molecule has 6 nitrogen and oxygen atoms in total. The van der Waals surface area contributed by atoms with Gasteiger partial charge in [0.25, 0.3) is 0 Å². The molecule has 0 spiro atoms. The van der Waals surface area contributed by atoms with Gasteiger partial charge in [-0.1, -0.05) is 12.1 Å². The maximum Gasteiger partial charge on any atom is 0.237 e. The smallest absolute Gasteiger partial charge is 0.237 e. The molecule has 1 aliphatic heterocycles. The van der Waals surface area contributed by atoms with Crippen molar-refractivity contribution < 1.29 is 18.0 Å². The number of carbonyl (C=O) groups is 2. The molecule has 3 rings (SSSR count). The Hall–Kier alpha value is -2.32. The molecule has 1 N–H and O–H groups in total. The lowest BCUT2D eigenvalue weighted by Gasteiger charge is -2.22. The molecule has 0 unspecified atom stereocenters. The second-order valence-electron chi connectivity index (χ2n) is 6.77. The molecule has 28 heavy (non-hydrogen) atoms. The van der Waals surface area contributed by atoms with Gasteiger partial charge in [-0.2, -0.15) is 0 Å². The van der Waals surface area contributed by atoms with Gasteiger partial charge in [0.2, 0.25) is 11.8 Å². The molecule has 0 saturated heterocycles. The van der Waals surface area contributed by atoms with Gasteiger partial charge in [-0.25, -0.2) is 8.42 Å². The summed E-state index contributed by atoms with van der Waals surface area (Å²) in [6.45, 7) is 3.73. The standard InChI is InChI=1S/C20H22N2O4S2/c1-13-5-4-6-15(11-13)22(3)19(23)9-10-28(25,26)16-7-8-18-17(12-16)21-20(24)14(2)27-18/h4-8,11-12,14H,9-10H2,1-3H3,(H,21,24)/t14-/m0/s1. The van der Waals surface area contributed by atoms with E-state index in [-0.39, 0.29) is 34.1 Å². The molecular formula is C20H22N2O4S2. The van der Waals surface area contributed by atoms with E-state index in [0.29, 0.717) is 5.69 Å². The Morgan fingerprint density at radius 2 is 1.96 bits per heavy atom. The first-order valence-electron chi connectivity index (χ1n) is 8.85.